The highest BCUT2D eigenvalue weighted by Gasteiger charge is 2.22. The lowest BCUT2D eigenvalue weighted by atomic mass is 10.1. The predicted octanol–water partition coefficient (Wildman–Crippen LogP) is 1.57. The molecule has 1 aromatic carbocycles. The van der Waals surface area contributed by atoms with Gasteiger partial charge in [-0.25, -0.2) is 4.79 Å². The fourth-order valence-corrected chi connectivity index (χ4v) is 3.75. The molecule has 3 N–H and O–H groups in total. The number of nitrogens with one attached hydrogen (secondary N) is 1. The number of nitrogens with zero attached hydrogens (tertiary/aromatic N) is 3. The minimum absolute atomic E-state index is 0.104. The van der Waals surface area contributed by atoms with Gasteiger partial charge in [-0.3, -0.25) is 18.7 Å². The van der Waals surface area contributed by atoms with Gasteiger partial charge in [0, 0.05) is 31.7 Å². The van der Waals surface area contributed by atoms with Crippen LogP contribution in [0.4, 0.5) is 17.2 Å². The van der Waals surface area contributed by atoms with Crippen molar-refractivity contribution in [2.45, 2.75) is 20.4 Å². The monoisotopic (exact) mass is 449 g/mol. The molecule has 0 bridgehead atoms. The number of hydrogen-bond acceptors (Lipinski definition) is 7. The van der Waals surface area contributed by atoms with E-state index in [-0.39, 0.29) is 23.8 Å². The van der Waals surface area contributed by atoms with Gasteiger partial charge in [-0.2, -0.15) is 0 Å². The molecule has 0 atom stereocenters. The standard InChI is InChI=1S/C21H28ClN5O4/c1-13(2)12-27-19(23)18(20(29)25(3)21(27)30)17(28)11-24-15-10-14(22)4-5-16(15)26-6-8-31-9-7-26/h4-5,10,13,24H,6-9,11-12,23H2,1-3H3. The Hall–Kier alpha value is -2.78. The third-order valence-electron chi connectivity index (χ3n) is 5.16. The van der Waals surface area contributed by atoms with Gasteiger partial charge in [0.15, 0.2) is 5.78 Å². The molecule has 168 valence electrons. The first-order chi connectivity index (χ1) is 14.7. The first-order valence-electron chi connectivity index (χ1n) is 10.2. The van der Waals surface area contributed by atoms with Crippen LogP contribution in [0, 0.1) is 5.92 Å². The summed E-state index contributed by atoms with van der Waals surface area (Å²) in [6.45, 7) is 6.66. The van der Waals surface area contributed by atoms with Crippen molar-refractivity contribution in [3.63, 3.8) is 0 Å². The van der Waals surface area contributed by atoms with E-state index >= 15 is 0 Å². The van der Waals surface area contributed by atoms with E-state index in [1.54, 1.807) is 12.1 Å². The molecule has 0 aliphatic carbocycles. The van der Waals surface area contributed by atoms with Crippen LogP contribution in [0.15, 0.2) is 27.8 Å². The summed E-state index contributed by atoms with van der Waals surface area (Å²) >= 11 is 6.17. The molecule has 0 amide bonds. The highest BCUT2D eigenvalue weighted by Crippen LogP contribution is 2.30. The summed E-state index contributed by atoms with van der Waals surface area (Å²) in [7, 11) is 1.35. The van der Waals surface area contributed by atoms with Gasteiger partial charge in [0.25, 0.3) is 5.56 Å². The molecule has 2 aromatic rings. The molecule has 0 spiro atoms. The highest BCUT2D eigenvalue weighted by molar-refractivity contribution is 6.31. The third-order valence-corrected chi connectivity index (χ3v) is 5.39. The van der Waals surface area contributed by atoms with E-state index in [4.69, 9.17) is 22.1 Å². The number of nitrogen functional groups attached to an aromatic ring is 1. The largest absolute Gasteiger partial charge is 0.384 e. The number of nitrogens with two attached hydrogens (primary N) is 1. The van der Waals surface area contributed by atoms with Crippen molar-refractivity contribution in [3.8, 4) is 0 Å². The summed E-state index contributed by atoms with van der Waals surface area (Å²) in [5.74, 6) is -0.488. The Bertz CT molecular complexity index is 1090. The Morgan fingerprint density at radius 2 is 1.94 bits per heavy atom. The molecule has 1 saturated heterocycles. The Morgan fingerprint density at radius 3 is 2.58 bits per heavy atom. The van der Waals surface area contributed by atoms with E-state index in [0.717, 1.165) is 23.3 Å². The van der Waals surface area contributed by atoms with Crippen LogP contribution in [0.3, 0.4) is 0 Å². The number of carbonyl (C=O) groups excluding carboxylic acids is 1. The van der Waals surface area contributed by atoms with Gasteiger partial charge in [0.05, 0.1) is 31.1 Å². The number of benzene rings is 1. The number of ketones is 1. The normalized spacial score (nSPS) is 14.2. The molecule has 31 heavy (non-hydrogen) atoms. The first kappa shape index (κ1) is 22.9. The van der Waals surface area contributed by atoms with E-state index in [0.29, 0.717) is 30.5 Å². The molecule has 10 heteroatoms. The van der Waals surface area contributed by atoms with E-state index in [1.807, 2.05) is 19.9 Å². The molecule has 3 rings (SSSR count). The lowest BCUT2D eigenvalue weighted by molar-refractivity contribution is 0.100. The molecule has 2 heterocycles. The second-order valence-corrected chi connectivity index (χ2v) is 8.39. The summed E-state index contributed by atoms with van der Waals surface area (Å²) in [4.78, 5) is 40.2. The van der Waals surface area contributed by atoms with Crippen molar-refractivity contribution < 1.29 is 9.53 Å². The van der Waals surface area contributed by atoms with Crippen molar-refractivity contribution in [1.82, 2.24) is 9.13 Å². The Labute approximate surface area is 185 Å². The van der Waals surface area contributed by atoms with E-state index in [1.165, 1.54) is 11.6 Å². The lowest BCUT2D eigenvalue weighted by Crippen LogP contribution is -2.43. The molecular weight excluding hydrogens is 422 g/mol. The molecule has 1 aliphatic heterocycles. The van der Waals surface area contributed by atoms with Crippen molar-refractivity contribution in [3.05, 3.63) is 49.6 Å². The van der Waals surface area contributed by atoms with Crippen molar-refractivity contribution in [2.24, 2.45) is 13.0 Å². The summed E-state index contributed by atoms with van der Waals surface area (Å²) in [5.41, 5.74) is 6.24. The van der Waals surface area contributed by atoms with Crippen LogP contribution < -0.4 is 27.2 Å². The topological polar surface area (TPSA) is 112 Å². The number of ether oxygens (including phenoxy) is 1. The third kappa shape index (κ3) is 4.94. The zero-order valence-corrected chi connectivity index (χ0v) is 18.7. The zero-order valence-electron chi connectivity index (χ0n) is 18.0. The summed E-state index contributed by atoms with van der Waals surface area (Å²) in [6, 6.07) is 5.41. The van der Waals surface area contributed by atoms with E-state index < -0.39 is 17.0 Å². The lowest BCUT2D eigenvalue weighted by Gasteiger charge is -2.30. The number of aromatic nitrogens is 2. The molecule has 0 unspecified atom stereocenters. The Kier molecular flexibility index (Phi) is 7.07. The number of morpholine rings is 1. The molecule has 1 aliphatic rings. The molecule has 9 nitrogen and oxygen atoms in total. The molecule has 1 aromatic heterocycles. The van der Waals surface area contributed by atoms with Gasteiger partial charge >= 0.3 is 5.69 Å². The fourth-order valence-electron chi connectivity index (χ4n) is 3.58. The van der Waals surface area contributed by atoms with Gasteiger partial charge in [-0.05, 0) is 24.1 Å². The first-order valence-corrected chi connectivity index (χ1v) is 10.6. The summed E-state index contributed by atoms with van der Waals surface area (Å²) < 4.78 is 7.60. The van der Waals surface area contributed by atoms with Crippen molar-refractivity contribution >= 4 is 34.6 Å². The molecule has 0 saturated carbocycles. The predicted molar refractivity (Wildman–Crippen MR) is 122 cm³/mol. The number of anilines is 3. The van der Waals surface area contributed by atoms with Gasteiger partial charge in [0.2, 0.25) is 0 Å². The van der Waals surface area contributed by atoms with Gasteiger partial charge in [0.1, 0.15) is 11.4 Å². The molecule has 1 fully saturated rings. The number of rotatable bonds is 7. The van der Waals surface area contributed by atoms with Gasteiger partial charge in [-0.15, -0.1) is 0 Å². The van der Waals surface area contributed by atoms with Crippen LogP contribution >= 0.6 is 11.6 Å². The van der Waals surface area contributed by atoms with Crippen LogP contribution in [0.2, 0.25) is 5.02 Å². The molecular formula is C21H28ClN5O4. The molecule has 0 radical (unpaired) electrons. The minimum Gasteiger partial charge on any atom is -0.384 e. The zero-order chi connectivity index (χ0) is 22.7. The smallest absolute Gasteiger partial charge is 0.332 e. The summed E-state index contributed by atoms with van der Waals surface area (Å²) in [5, 5.41) is 3.61. The minimum atomic E-state index is -0.700. The summed E-state index contributed by atoms with van der Waals surface area (Å²) in [6.07, 6.45) is 0. The number of Topliss-reactive ketones (excluding diaryl/α,β-unsaturated/α-hetero) is 1. The fraction of sp³-hybridized carbons (Fsp3) is 0.476. The number of hydrogen-bond donors (Lipinski definition) is 2. The quantitative estimate of drug-likeness (QED) is 0.617. The van der Waals surface area contributed by atoms with Crippen LogP contribution in [-0.4, -0.2) is 47.8 Å². The van der Waals surface area contributed by atoms with E-state index in [2.05, 4.69) is 10.2 Å². The average molecular weight is 450 g/mol. The SMILES string of the molecule is CC(C)Cn1c(N)c(C(=O)CNc2cc(Cl)ccc2N2CCOCC2)c(=O)n(C)c1=O. The van der Waals surface area contributed by atoms with Crippen molar-refractivity contribution in [1.29, 1.82) is 0 Å². The maximum atomic E-state index is 13.0. The van der Waals surface area contributed by atoms with Crippen LogP contribution in [0.25, 0.3) is 0 Å². The average Bonchev–Trinajstić information content (AvgIpc) is 2.74. The Balaban J connectivity index is 1.90. The van der Waals surface area contributed by atoms with Crippen molar-refractivity contribution in [2.75, 3.05) is 48.8 Å². The van der Waals surface area contributed by atoms with Crippen LogP contribution in [0.1, 0.15) is 24.2 Å². The highest BCUT2D eigenvalue weighted by atomic mass is 35.5. The second-order valence-electron chi connectivity index (χ2n) is 7.95. The maximum absolute atomic E-state index is 13.0. The maximum Gasteiger partial charge on any atom is 0.332 e. The number of carbonyl (C=O) groups is 1. The Morgan fingerprint density at radius 1 is 1.26 bits per heavy atom. The van der Waals surface area contributed by atoms with Gasteiger partial charge in [-0.1, -0.05) is 25.4 Å². The van der Waals surface area contributed by atoms with Crippen LogP contribution in [-0.2, 0) is 18.3 Å². The second kappa shape index (κ2) is 9.57. The van der Waals surface area contributed by atoms with E-state index in [9.17, 15) is 14.4 Å². The number of halogens is 1. The van der Waals surface area contributed by atoms with Gasteiger partial charge < -0.3 is 20.7 Å². The van der Waals surface area contributed by atoms with Crippen LogP contribution in [0.5, 0.6) is 0 Å².